The van der Waals surface area contributed by atoms with Crippen LogP contribution in [-0.4, -0.2) is 275 Å². The van der Waals surface area contributed by atoms with Crippen LogP contribution in [0.2, 0.25) is 0 Å². The van der Waals surface area contributed by atoms with Crippen molar-refractivity contribution in [1.82, 2.24) is 63.8 Å². The largest absolute Gasteiger partial charge is 0.483 e. The van der Waals surface area contributed by atoms with Crippen LogP contribution in [-0.2, 0) is 109 Å². The van der Waals surface area contributed by atoms with Crippen LogP contribution in [0.5, 0.6) is 0 Å². The molecule has 0 saturated carbocycles. The number of allylic oxidation sites excluding steroid dienone is 21. The number of nitrogens with two attached hydrogens (primary N) is 2. The number of aliphatic hydroxyl groups excluding tert-OH is 4. The summed E-state index contributed by atoms with van der Waals surface area (Å²) in [6.45, 7) is 27.1. The predicted octanol–water partition coefficient (Wildman–Crippen LogP) is 7.34. The van der Waals surface area contributed by atoms with Crippen LogP contribution in [0.3, 0.4) is 0 Å². The molecule has 23 N–H and O–H groups in total. The summed E-state index contributed by atoms with van der Waals surface area (Å²) in [5.41, 5.74) is 26.0. The highest BCUT2D eigenvalue weighted by atomic mass is 31.3. The summed E-state index contributed by atoms with van der Waals surface area (Å²) in [6.07, 6.45) is 25.7. The van der Waals surface area contributed by atoms with E-state index in [1.807, 2.05) is 12.2 Å². The van der Waals surface area contributed by atoms with E-state index in [0.717, 1.165) is 149 Å². The van der Waals surface area contributed by atoms with E-state index in [4.69, 9.17) is 39.5 Å². The lowest BCUT2D eigenvalue weighted by Gasteiger charge is -2.49. The maximum absolute atomic E-state index is 14.2. The van der Waals surface area contributed by atoms with Gasteiger partial charge in [-0.05, 0) is 258 Å². The molecule has 2 saturated heterocycles. The number of amides is 13. The number of aliphatic hydroxyl groups is 4. The van der Waals surface area contributed by atoms with E-state index in [0.29, 0.717) is 18.4 Å². The van der Waals surface area contributed by atoms with Crippen LogP contribution in [0.25, 0.3) is 0 Å². The molecule has 2 aliphatic heterocycles. The van der Waals surface area contributed by atoms with Crippen molar-refractivity contribution < 1.29 is 144 Å². The SMILES string of the molecule is CC(=O)N[C@H]1[C@H](O[C@H]2[C@H](OC(C)C(=O)N[C@@H](C)C(=O)NC(=O)C[C@@H](N)CC(=O)N[C@@H](CCCCNC(=O)CNC(=O)CNC(=O)CNC(=O)CNC(=O)CN)C(=O)N[C@H](C)C(=O)N[C@H](C)C(=O)O)[C@@H](NC(C)=O)C(OP(=O)(O)OP(=O)(O)OC/C=C(\C)CC/C=C(\C)CC/C=C(\C)CC/C=C(\C)CC/C=C(\C)CC/C=C(\C)CC/C=C(\C)CC/C=C(\C)CC/C=C(\C)CC/C=C(\C)CCC=C(C)C)O[C@@H]2CO)O[C@H](CO)[C@@H](O)[C@@H]1O. The van der Waals surface area contributed by atoms with Gasteiger partial charge in [-0.15, -0.1) is 0 Å². The van der Waals surface area contributed by atoms with Crippen molar-refractivity contribution in [2.75, 3.05) is 59.1 Å². The molecule has 0 aromatic rings. The highest BCUT2D eigenvalue weighted by Gasteiger charge is 2.56. The Morgan fingerprint density at radius 1 is 0.400 bits per heavy atom. The molecular weight excluding hydrogens is 1990 g/mol. The number of aliphatic carboxylic acids is 1. The molecule has 0 aliphatic carbocycles. The minimum Gasteiger partial charge on any atom is -0.480 e. The number of nitrogens with one attached hydrogen (secondary N) is 12. The molecule has 0 radical (unpaired) electrons. The average molecular weight is 2160 g/mol. The first-order valence-corrected chi connectivity index (χ1v) is 54.3. The van der Waals surface area contributed by atoms with Crippen LogP contribution in [0, 0.1) is 0 Å². The smallest absolute Gasteiger partial charge is 0.480 e. The highest BCUT2D eigenvalue weighted by Crippen LogP contribution is 2.61. The molecule has 0 spiro atoms. The van der Waals surface area contributed by atoms with E-state index in [1.165, 1.54) is 70.1 Å². The molecule has 2 fully saturated rings. The van der Waals surface area contributed by atoms with Gasteiger partial charge in [0.25, 0.3) is 0 Å². The summed E-state index contributed by atoms with van der Waals surface area (Å²) < 4.78 is 66.5. The number of unbranched alkanes of at least 4 members (excludes halogenated alkanes) is 1. The Kier molecular flexibility index (Phi) is 66.9. The molecule has 848 valence electrons. The van der Waals surface area contributed by atoms with Gasteiger partial charge in [0.15, 0.2) is 12.6 Å². The number of carboxylic acids is 1. The Morgan fingerprint density at radius 2 is 0.767 bits per heavy atom. The molecule has 0 bridgehead atoms. The molecule has 44 nitrogen and oxygen atoms in total. The first-order valence-electron chi connectivity index (χ1n) is 51.3. The van der Waals surface area contributed by atoms with E-state index in [1.54, 1.807) is 6.92 Å². The second kappa shape index (κ2) is 73.9. The van der Waals surface area contributed by atoms with Gasteiger partial charge >= 0.3 is 21.6 Å². The van der Waals surface area contributed by atoms with Crippen molar-refractivity contribution in [1.29, 1.82) is 0 Å². The zero-order valence-corrected chi connectivity index (χ0v) is 92.5. The number of carboxylic acid groups (broad SMARTS) is 1. The van der Waals surface area contributed by atoms with Gasteiger partial charge in [0.1, 0.15) is 79.0 Å². The summed E-state index contributed by atoms with van der Waals surface area (Å²) in [7, 11) is -11.6. The molecule has 13 amide bonds. The molecule has 0 aromatic carbocycles. The van der Waals surface area contributed by atoms with Gasteiger partial charge in [0, 0.05) is 39.3 Å². The summed E-state index contributed by atoms with van der Waals surface area (Å²) in [4.78, 5) is 200. The van der Waals surface area contributed by atoms with Crippen molar-refractivity contribution >= 4 is 98.4 Å². The Bertz CT molecular complexity index is 4850. The van der Waals surface area contributed by atoms with Gasteiger partial charge in [0.2, 0.25) is 76.8 Å². The van der Waals surface area contributed by atoms with Crippen LogP contribution >= 0.6 is 15.6 Å². The lowest BCUT2D eigenvalue weighted by Crippen LogP contribution is -2.70. The fourth-order valence-corrected chi connectivity index (χ4v) is 17.4. The van der Waals surface area contributed by atoms with Crippen LogP contribution < -0.4 is 75.3 Å². The quantitative estimate of drug-likeness (QED) is 0.0161. The highest BCUT2D eigenvalue weighted by molar-refractivity contribution is 7.61. The van der Waals surface area contributed by atoms with Crippen LogP contribution in [0.15, 0.2) is 128 Å². The van der Waals surface area contributed by atoms with E-state index in [2.05, 4.69) is 193 Å². The van der Waals surface area contributed by atoms with Gasteiger partial charge in [-0.25, -0.2) is 9.13 Å². The molecule has 2 aliphatic rings. The van der Waals surface area contributed by atoms with Gasteiger partial charge < -0.3 is 124 Å². The van der Waals surface area contributed by atoms with E-state index >= 15 is 0 Å². The molecule has 2 heterocycles. The lowest BCUT2D eigenvalue weighted by molar-refractivity contribution is -0.331. The molecule has 0 aromatic heterocycles. The van der Waals surface area contributed by atoms with E-state index in [-0.39, 0.29) is 32.4 Å². The number of phosphoric ester groups is 2. The topological polar surface area (TPSA) is 676 Å². The first-order chi connectivity index (χ1) is 70.6. The lowest BCUT2D eigenvalue weighted by atomic mass is 9.94. The maximum atomic E-state index is 14.2. The van der Waals surface area contributed by atoms with Crippen molar-refractivity contribution in [2.45, 2.75) is 383 Å². The predicted molar refractivity (Wildman–Crippen MR) is 566 cm³/mol. The second-order valence-electron chi connectivity index (χ2n) is 38.7. The molecular formula is C104H172N14O30P2. The Hall–Kier alpha value is -10.2. The van der Waals surface area contributed by atoms with E-state index < -0.39 is 255 Å². The summed E-state index contributed by atoms with van der Waals surface area (Å²) in [5, 5.41) is 80.0. The Labute approximate surface area is 883 Å². The number of carbonyl (C=O) groups excluding carboxylic acids is 13. The number of carbonyl (C=O) groups is 14. The third-order valence-electron chi connectivity index (χ3n) is 24.2. The number of hydrogen-bond acceptors (Lipinski definition) is 29. The second-order valence-corrected chi connectivity index (χ2v) is 41.7. The molecule has 18 atom stereocenters. The number of phosphoric acid groups is 2. The molecule has 150 heavy (non-hydrogen) atoms. The third kappa shape index (κ3) is 60.9. The molecule has 2 rings (SSSR count). The van der Waals surface area contributed by atoms with E-state index in [9.17, 15) is 112 Å². The summed E-state index contributed by atoms with van der Waals surface area (Å²) in [5.74, 6) is -13.0. The minimum atomic E-state index is -5.98. The van der Waals surface area contributed by atoms with Crippen molar-refractivity contribution in [3.8, 4) is 0 Å². The van der Waals surface area contributed by atoms with Gasteiger partial charge in [-0.2, -0.15) is 4.31 Å². The van der Waals surface area contributed by atoms with Gasteiger partial charge in [-0.3, -0.25) is 81.5 Å². The standard InChI is InChI=1S/C104H172N14O30P2/c1-64(2)31-21-32-65(3)33-22-34-66(4)35-23-36-67(5)37-24-38-68(6)39-25-40-69(7)41-26-42-70(8)43-27-44-71(9)45-28-46-72(10)47-29-48-73(11)49-30-50-74(12)52-54-142-149(138,139)148-150(140,141)147-104-93(116-80(18)122)97(96(84(63-120)145-104)146-103-92(115-79(17)121)95(131)94(130)83(62-119)144-103)143-78(16)100(134)112-76(14)99(133)118-86(124)56-81(106)55-85(123)117-82(101(135)113-75(13)98(132)114-77(15)102(136)137)51-19-20-53-107-88(126)58-109-90(128)60-111-91(129)61-110-89(127)59-108-87(125)57-105/h31,33,35,37,39,41,43,45,47,49,52,75-78,81-84,92-97,103-104,119-120,130-131H,19-30,32,34,36,38,40,42,44,46,48,50-51,53-63,105-106H2,1-18H3,(H,107,126)(H,108,125)(H,109,128)(H,110,127)(H,111,129)(H,112,134)(H,113,135)(H,114,132)(H,115,121)(H,116,122)(H,117,123)(H,136,137)(H,138,139)(H,140,141)(H,118,124,133)/b65-33+,66-35+,67-37+,68-39+,69-41+,70-43+,71-45+,72-47+,73-49+,74-52+/t75-,76+,77-,78?,81+,82+,83-,84-,92-,93-,94-,95-,96-,97-,103+,104?/m1/s1. The fourth-order valence-electron chi connectivity index (χ4n) is 15.3. The van der Waals surface area contributed by atoms with Crippen molar-refractivity contribution in [2.24, 2.45) is 11.5 Å². The number of hydrogen-bond donors (Lipinski definition) is 21. The Balaban J connectivity index is 2.11. The van der Waals surface area contributed by atoms with Crippen LogP contribution in [0.4, 0.5) is 0 Å². The summed E-state index contributed by atoms with van der Waals surface area (Å²) >= 11 is 0. The maximum Gasteiger partial charge on any atom is 0.483 e. The number of imide groups is 1. The van der Waals surface area contributed by atoms with Crippen molar-refractivity contribution in [3.63, 3.8) is 0 Å². The number of ether oxygens (including phenoxy) is 4. The van der Waals surface area contributed by atoms with Gasteiger partial charge in [-0.1, -0.05) is 128 Å². The van der Waals surface area contributed by atoms with Gasteiger partial charge in [0.05, 0.1) is 52.5 Å². The summed E-state index contributed by atoms with van der Waals surface area (Å²) in [6, 6.07) is -11.0. The molecule has 4 unspecified atom stereocenters. The Morgan fingerprint density at radius 3 is 1.17 bits per heavy atom. The van der Waals surface area contributed by atoms with Crippen molar-refractivity contribution in [3.05, 3.63) is 128 Å². The fraction of sp³-hybridized carbons (Fsp3) is 0.654. The monoisotopic (exact) mass is 2160 g/mol. The average Bonchev–Trinajstić information content (AvgIpc) is 0.763. The normalized spacial score (nSPS) is 20.8. The number of rotatable bonds is 72. The first kappa shape index (κ1) is 136. The zero-order valence-electron chi connectivity index (χ0n) is 90.7. The van der Waals surface area contributed by atoms with Crippen LogP contribution in [0.1, 0.15) is 285 Å². The molecule has 46 heteroatoms. The zero-order chi connectivity index (χ0) is 113. The third-order valence-corrected chi connectivity index (χ3v) is 26.8. The minimum absolute atomic E-state index is 0.0415.